The summed E-state index contributed by atoms with van der Waals surface area (Å²) in [6.45, 7) is 3.99. The highest BCUT2D eigenvalue weighted by Crippen LogP contribution is 2.31. The van der Waals surface area contributed by atoms with E-state index < -0.39 is 10.8 Å². The number of fused-ring (bicyclic) bond motifs is 2. The molecule has 0 amide bonds. The molecule has 0 aliphatic carbocycles. The van der Waals surface area contributed by atoms with Crippen LogP contribution in [-0.4, -0.2) is 31.9 Å². The van der Waals surface area contributed by atoms with Crippen LogP contribution in [0.5, 0.6) is 11.5 Å². The molecule has 1 unspecified atom stereocenters. The minimum absolute atomic E-state index is 0.253. The first-order valence-electron chi connectivity index (χ1n) is 8.23. The van der Waals surface area contributed by atoms with Crippen molar-refractivity contribution in [2.45, 2.75) is 30.4 Å². The van der Waals surface area contributed by atoms with Crippen molar-refractivity contribution in [1.29, 1.82) is 0 Å². The van der Waals surface area contributed by atoms with Crippen molar-refractivity contribution in [3.63, 3.8) is 0 Å². The number of rotatable bonds is 4. The van der Waals surface area contributed by atoms with Gasteiger partial charge in [0.1, 0.15) is 22.6 Å². The summed E-state index contributed by atoms with van der Waals surface area (Å²) in [4.78, 5) is 11.9. The molecule has 134 valence electrons. The Morgan fingerprint density at radius 1 is 1.35 bits per heavy atom. The minimum Gasteiger partial charge on any atom is -0.494 e. The van der Waals surface area contributed by atoms with Gasteiger partial charge in [-0.1, -0.05) is 6.07 Å². The van der Waals surface area contributed by atoms with Crippen LogP contribution in [0.15, 0.2) is 41.7 Å². The zero-order valence-corrected chi connectivity index (χ0v) is 15.6. The summed E-state index contributed by atoms with van der Waals surface area (Å²) in [5.74, 6) is 1.66. The number of ether oxygens (including phenoxy) is 2. The molecule has 3 aromatic rings. The first kappa shape index (κ1) is 16.8. The molecule has 7 heteroatoms. The second kappa shape index (κ2) is 6.25. The summed E-state index contributed by atoms with van der Waals surface area (Å²) in [5.41, 5.74) is 2.72. The Morgan fingerprint density at radius 3 is 3.00 bits per heavy atom. The summed E-state index contributed by atoms with van der Waals surface area (Å²) in [6, 6.07) is 7.42. The van der Waals surface area contributed by atoms with Crippen LogP contribution in [0.3, 0.4) is 0 Å². The molecule has 1 aromatic carbocycles. The largest absolute Gasteiger partial charge is 0.494 e. The van der Waals surface area contributed by atoms with Gasteiger partial charge in [-0.2, -0.15) is 0 Å². The highest BCUT2D eigenvalue weighted by atomic mass is 32.2. The number of hydrogen-bond donors (Lipinski definition) is 1. The lowest BCUT2D eigenvalue weighted by Gasteiger charge is -2.27. The SMILES string of the molecule is COc1cccc2[nH]c(S(=O)Cc3cc4c(cn3)C=CC(C)(C)O4)nc12. The number of benzene rings is 1. The van der Waals surface area contributed by atoms with Gasteiger partial charge in [0.15, 0.2) is 5.16 Å². The Bertz CT molecular complexity index is 1040. The molecule has 1 atom stereocenters. The van der Waals surface area contributed by atoms with Crippen LogP contribution >= 0.6 is 0 Å². The number of imidazole rings is 1. The van der Waals surface area contributed by atoms with Crippen LogP contribution in [0.25, 0.3) is 17.1 Å². The van der Waals surface area contributed by atoms with Gasteiger partial charge in [-0.15, -0.1) is 0 Å². The van der Waals surface area contributed by atoms with Gasteiger partial charge in [0.25, 0.3) is 0 Å². The Hall–Kier alpha value is -2.67. The number of aromatic amines is 1. The van der Waals surface area contributed by atoms with E-state index >= 15 is 0 Å². The third kappa shape index (κ3) is 3.10. The van der Waals surface area contributed by atoms with Crippen LogP contribution in [0.4, 0.5) is 0 Å². The van der Waals surface area contributed by atoms with Crippen molar-refractivity contribution < 1.29 is 13.7 Å². The Balaban J connectivity index is 1.60. The second-order valence-corrected chi connectivity index (χ2v) is 8.01. The van der Waals surface area contributed by atoms with Crippen LogP contribution in [0.2, 0.25) is 0 Å². The van der Waals surface area contributed by atoms with Gasteiger partial charge in [0.05, 0.1) is 34.9 Å². The van der Waals surface area contributed by atoms with E-state index in [1.807, 2.05) is 50.3 Å². The summed E-state index contributed by atoms with van der Waals surface area (Å²) in [6.07, 6.45) is 5.74. The topological polar surface area (TPSA) is 77.1 Å². The Labute approximate surface area is 153 Å². The fourth-order valence-corrected chi connectivity index (χ4v) is 3.83. The summed E-state index contributed by atoms with van der Waals surface area (Å²) < 4.78 is 24.0. The average Bonchev–Trinajstić information content (AvgIpc) is 3.05. The number of pyridine rings is 1. The molecule has 6 nitrogen and oxygen atoms in total. The molecule has 0 fully saturated rings. The highest BCUT2D eigenvalue weighted by Gasteiger charge is 2.22. The van der Waals surface area contributed by atoms with Gasteiger partial charge >= 0.3 is 0 Å². The van der Waals surface area contributed by atoms with E-state index in [0.717, 1.165) is 16.8 Å². The Kier molecular flexibility index (Phi) is 4.03. The first-order chi connectivity index (χ1) is 12.4. The van der Waals surface area contributed by atoms with Crippen LogP contribution in [-0.2, 0) is 16.6 Å². The highest BCUT2D eigenvalue weighted by molar-refractivity contribution is 7.84. The van der Waals surface area contributed by atoms with E-state index in [1.165, 1.54) is 0 Å². The van der Waals surface area contributed by atoms with Gasteiger partial charge in [0, 0.05) is 17.8 Å². The van der Waals surface area contributed by atoms with Gasteiger partial charge < -0.3 is 14.5 Å². The number of hydrogen-bond acceptors (Lipinski definition) is 5. The van der Waals surface area contributed by atoms with E-state index in [2.05, 4.69) is 15.0 Å². The Morgan fingerprint density at radius 2 is 2.19 bits per heavy atom. The standard InChI is InChI=1S/C19H19N3O3S/c1-19(2)8-7-12-10-20-13(9-16(12)25-19)11-26(23)18-21-14-5-4-6-15(24-3)17(14)22-18/h4-10H,11H2,1-3H3,(H,21,22). The summed E-state index contributed by atoms with van der Waals surface area (Å²) in [7, 11) is 0.235. The maximum atomic E-state index is 12.8. The van der Waals surface area contributed by atoms with Crippen molar-refractivity contribution in [1.82, 2.24) is 15.0 Å². The molecule has 26 heavy (non-hydrogen) atoms. The number of methoxy groups -OCH3 is 1. The minimum atomic E-state index is -1.36. The van der Waals surface area contributed by atoms with Crippen molar-refractivity contribution >= 4 is 27.9 Å². The lowest BCUT2D eigenvalue weighted by Crippen LogP contribution is -2.27. The van der Waals surface area contributed by atoms with Crippen molar-refractivity contribution in [2.75, 3.05) is 7.11 Å². The van der Waals surface area contributed by atoms with Crippen LogP contribution in [0.1, 0.15) is 25.1 Å². The number of aromatic nitrogens is 3. The lowest BCUT2D eigenvalue weighted by atomic mass is 10.0. The maximum absolute atomic E-state index is 12.8. The van der Waals surface area contributed by atoms with Crippen LogP contribution < -0.4 is 9.47 Å². The molecule has 0 radical (unpaired) electrons. The second-order valence-electron chi connectivity index (χ2n) is 6.64. The molecule has 3 heterocycles. The molecule has 0 saturated heterocycles. The number of nitrogens with one attached hydrogen (secondary N) is 1. The van der Waals surface area contributed by atoms with Gasteiger partial charge in [-0.3, -0.25) is 9.19 Å². The van der Waals surface area contributed by atoms with Crippen molar-refractivity contribution in [3.05, 3.63) is 47.8 Å². The number of nitrogens with zero attached hydrogens (tertiary/aromatic N) is 2. The molecule has 2 aromatic heterocycles. The molecule has 0 spiro atoms. The smallest absolute Gasteiger partial charge is 0.197 e. The lowest BCUT2D eigenvalue weighted by molar-refractivity contribution is 0.158. The third-order valence-corrected chi connectivity index (χ3v) is 5.34. The van der Waals surface area contributed by atoms with E-state index in [0.29, 0.717) is 22.1 Å². The molecule has 1 aliphatic rings. The molecule has 0 bridgehead atoms. The van der Waals surface area contributed by atoms with Gasteiger partial charge in [0.2, 0.25) is 0 Å². The van der Waals surface area contributed by atoms with Gasteiger partial charge in [-0.25, -0.2) is 4.98 Å². The van der Waals surface area contributed by atoms with E-state index in [-0.39, 0.29) is 11.4 Å². The molecular weight excluding hydrogens is 350 g/mol. The molecule has 4 rings (SSSR count). The fraction of sp³-hybridized carbons (Fsp3) is 0.263. The third-order valence-electron chi connectivity index (χ3n) is 4.16. The predicted octanol–water partition coefficient (Wildman–Crippen LogP) is 3.46. The van der Waals surface area contributed by atoms with E-state index in [9.17, 15) is 4.21 Å². The first-order valence-corrected chi connectivity index (χ1v) is 9.55. The van der Waals surface area contributed by atoms with E-state index in [1.54, 1.807) is 13.3 Å². The quantitative estimate of drug-likeness (QED) is 0.762. The zero-order chi connectivity index (χ0) is 18.3. The van der Waals surface area contributed by atoms with E-state index in [4.69, 9.17) is 9.47 Å². The molecular formula is C19H19N3O3S. The summed E-state index contributed by atoms with van der Waals surface area (Å²) in [5, 5.41) is 0.408. The monoisotopic (exact) mass is 369 g/mol. The summed E-state index contributed by atoms with van der Waals surface area (Å²) >= 11 is 0. The normalized spacial score (nSPS) is 16.1. The van der Waals surface area contributed by atoms with Crippen molar-refractivity contribution in [2.24, 2.45) is 0 Å². The molecule has 1 N–H and O–H groups in total. The maximum Gasteiger partial charge on any atom is 0.197 e. The zero-order valence-electron chi connectivity index (χ0n) is 14.8. The average molecular weight is 369 g/mol. The fourth-order valence-electron chi connectivity index (χ4n) is 2.85. The predicted molar refractivity (Wildman–Crippen MR) is 101 cm³/mol. The molecule has 1 aliphatic heterocycles. The van der Waals surface area contributed by atoms with Gasteiger partial charge in [-0.05, 0) is 38.1 Å². The van der Waals surface area contributed by atoms with Crippen LogP contribution in [0, 0.1) is 0 Å². The number of para-hydroxylation sites is 1. The number of H-pyrrole nitrogens is 1. The molecule has 0 saturated carbocycles. The van der Waals surface area contributed by atoms with Crippen molar-refractivity contribution in [3.8, 4) is 11.5 Å².